The van der Waals surface area contributed by atoms with Gasteiger partial charge in [-0.3, -0.25) is 9.78 Å². The van der Waals surface area contributed by atoms with Crippen molar-refractivity contribution in [3.8, 4) is 5.75 Å². The van der Waals surface area contributed by atoms with Crippen LogP contribution in [0.15, 0.2) is 73.1 Å². The van der Waals surface area contributed by atoms with E-state index in [2.05, 4.69) is 49.3 Å². The lowest BCUT2D eigenvalue weighted by molar-refractivity contribution is 0.0931. The number of rotatable bonds is 10. The van der Waals surface area contributed by atoms with Crippen LogP contribution in [-0.2, 0) is 13.0 Å². The summed E-state index contributed by atoms with van der Waals surface area (Å²) in [6.45, 7) is 6.89. The summed E-state index contributed by atoms with van der Waals surface area (Å²) in [6.07, 6.45) is 6.15. The average molecular weight is 417 g/mol. The third-order valence-electron chi connectivity index (χ3n) is 5.19. The van der Waals surface area contributed by atoms with Crippen LogP contribution in [0.5, 0.6) is 5.75 Å². The predicted octanol–water partition coefficient (Wildman–Crippen LogP) is 6.13. The Morgan fingerprint density at radius 2 is 1.87 bits per heavy atom. The van der Waals surface area contributed by atoms with Crippen molar-refractivity contribution < 1.29 is 9.53 Å². The number of nitrogens with zero attached hydrogens (tertiary/aromatic N) is 1. The van der Waals surface area contributed by atoms with Gasteiger partial charge in [-0.2, -0.15) is 0 Å². The normalized spacial score (nSPS) is 11.9. The number of aromatic nitrogens is 1. The van der Waals surface area contributed by atoms with Crippen LogP contribution in [0.2, 0.25) is 0 Å². The van der Waals surface area contributed by atoms with E-state index in [4.69, 9.17) is 4.74 Å². The molecule has 4 nitrogen and oxygen atoms in total. The maximum atomic E-state index is 13.4. The number of aryl methyl sites for hydroxylation is 1. The first-order valence-electron chi connectivity index (χ1n) is 11.1. The lowest BCUT2D eigenvalue weighted by atomic mass is 9.95. The van der Waals surface area contributed by atoms with Crippen molar-refractivity contribution in [1.82, 2.24) is 10.3 Å². The van der Waals surface area contributed by atoms with E-state index >= 15 is 0 Å². The first-order valence-corrected chi connectivity index (χ1v) is 11.1. The van der Waals surface area contributed by atoms with E-state index in [9.17, 15) is 4.79 Å². The maximum absolute atomic E-state index is 13.4. The lowest BCUT2D eigenvalue weighted by Gasteiger charge is -2.22. The Labute approximate surface area is 185 Å². The van der Waals surface area contributed by atoms with Crippen LogP contribution in [-0.4, -0.2) is 10.9 Å². The van der Waals surface area contributed by atoms with E-state index in [-0.39, 0.29) is 11.9 Å². The second kappa shape index (κ2) is 11.3. The standard InChI is InChI=1S/C27H32N2O2/c1-4-9-22-14-13-21(19-31-24-12-8-15-28-18-24)17-25(22)27(30)29-26(16-20(2)3)23-10-6-5-7-11-23/h5-8,10-15,17-18,20,26H,4,9,16,19H2,1-3H3,(H,29,30). The third kappa shape index (κ3) is 6.68. The first kappa shape index (κ1) is 22.5. The van der Waals surface area contributed by atoms with E-state index in [1.165, 1.54) is 0 Å². The van der Waals surface area contributed by atoms with Gasteiger partial charge in [-0.1, -0.05) is 69.7 Å². The Morgan fingerprint density at radius 3 is 2.55 bits per heavy atom. The molecule has 3 rings (SSSR count). The fraction of sp³-hybridized carbons (Fsp3) is 0.333. The molecular weight excluding hydrogens is 384 g/mol. The van der Waals surface area contributed by atoms with Crippen LogP contribution in [0.3, 0.4) is 0 Å². The highest BCUT2D eigenvalue weighted by atomic mass is 16.5. The van der Waals surface area contributed by atoms with Crippen molar-refractivity contribution in [2.75, 3.05) is 0 Å². The molecule has 0 saturated carbocycles. The highest BCUT2D eigenvalue weighted by molar-refractivity contribution is 5.96. The van der Waals surface area contributed by atoms with E-state index in [1.54, 1.807) is 12.4 Å². The molecule has 0 spiro atoms. The molecule has 1 atom stereocenters. The summed E-state index contributed by atoms with van der Waals surface area (Å²) in [7, 11) is 0. The van der Waals surface area contributed by atoms with E-state index in [0.717, 1.165) is 41.5 Å². The molecule has 0 fully saturated rings. The number of ether oxygens (including phenoxy) is 1. The zero-order chi connectivity index (χ0) is 22.1. The van der Waals surface area contributed by atoms with Crippen LogP contribution in [0, 0.1) is 5.92 Å². The van der Waals surface area contributed by atoms with Crippen molar-refractivity contribution in [3.05, 3.63) is 95.3 Å². The summed E-state index contributed by atoms with van der Waals surface area (Å²) in [5, 5.41) is 3.29. The van der Waals surface area contributed by atoms with Gasteiger partial charge in [0.05, 0.1) is 12.2 Å². The number of amides is 1. The molecule has 1 N–H and O–H groups in total. The summed E-state index contributed by atoms with van der Waals surface area (Å²) in [4.78, 5) is 17.4. The molecule has 0 aliphatic heterocycles. The number of carbonyl (C=O) groups excluding carboxylic acids is 1. The first-order chi connectivity index (χ1) is 15.1. The van der Waals surface area contributed by atoms with E-state index in [1.807, 2.05) is 42.5 Å². The molecule has 1 heterocycles. The summed E-state index contributed by atoms with van der Waals surface area (Å²) < 4.78 is 5.84. The second-order valence-electron chi connectivity index (χ2n) is 8.29. The highest BCUT2D eigenvalue weighted by Crippen LogP contribution is 2.23. The van der Waals surface area contributed by atoms with Crippen LogP contribution in [0.25, 0.3) is 0 Å². The molecule has 0 aliphatic rings. The number of hydrogen-bond donors (Lipinski definition) is 1. The number of nitrogens with one attached hydrogen (secondary N) is 1. The second-order valence-corrected chi connectivity index (χ2v) is 8.29. The lowest BCUT2D eigenvalue weighted by Crippen LogP contribution is -2.30. The largest absolute Gasteiger partial charge is 0.487 e. The fourth-order valence-electron chi connectivity index (χ4n) is 3.68. The summed E-state index contributed by atoms with van der Waals surface area (Å²) in [5.74, 6) is 1.16. The Bertz CT molecular complexity index is 955. The fourth-order valence-corrected chi connectivity index (χ4v) is 3.68. The van der Waals surface area contributed by atoms with Gasteiger partial charge in [0.25, 0.3) is 5.91 Å². The molecule has 3 aromatic rings. The molecule has 1 amide bonds. The molecule has 0 saturated heterocycles. The molecule has 0 bridgehead atoms. The van der Waals surface area contributed by atoms with Gasteiger partial charge >= 0.3 is 0 Å². The van der Waals surface area contributed by atoms with Crippen LogP contribution < -0.4 is 10.1 Å². The van der Waals surface area contributed by atoms with Crippen LogP contribution in [0.1, 0.15) is 66.7 Å². The van der Waals surface area contributed by atoms with Gasteiger partial charge in [0.2, 0.25) is 0 Å². The average Bonchev–Trinajstić information content (AvgIpc) is 2.79. The zero-order valence-corrected chi connectivity index (χ0v) is 18.7. The van der Waals surface area contributed by atoms with Gasteiger partial charge in [-0.05, 0) is 53.6 Å². The molecular formula is C27H32N2O2. The van der Waals surface area contributed by atoms with E-state index < -0.39 is 0 Å². The Morgan fingerprint density at radius 1 is 1.06 bits per heavy atom. The molecule has 31 heavy (non-hydrogen) atoms. The minimum atomic E-state index is -0.0267. The zero-order valence-electron chi connectivity index (χ0n) is 18.7. The molecule has 4 heteroatoms. The minimum absolute atomic E-state index is 0.0153. The predicted molar refractivity (Wildman–Crippen MR) is 125 cm³/mol. The van der Waals surface area contributed by atoms with Crippen molar-refractivity contribution in [1.29, 1.82) is 0 Å². The summed E-state index contributed by atoms with van der Waals surface area (Å²) >= 11 is 0. The maximum Gasteiger partial charge on any atom is 0.252 e. The Balaban J connectivity index is 1.81. The molecule has 162 valence electrons. The molecule has 0 aliphatic carbocycles. The van der Waals surface area contributed by atoms with Gasteiger partial charge < -0.3 is 10.1 Å². The van der Waals surface area contributed by atoms with Gasteiger partial charge in [0, 0.05) is 11.8 Å². The molecule has 2 aromatic carbocycles. The number of benzene rings is 2. The monoisotopic (exact) mass is 416 g/mol. The van der Waals surface area contributed by atoms with Crippen molar-refractivity contribution in [3.63, 3.8) is 0 Å². The van der Waals surface area contributed by atoms with Crippen LogP contribution >= 0.6 is 0 Å². The van der Waals surface area contributed by atoms with E-state index in [0.29, 0.717) is 18.3 Å². The molecule has 1 aromatic heterocycles. The quantitative estimate of drug-likeness (QED) is 0.432. The number of carbonyl (C=O) groups is 1. The minimum Gasteiger partial charge on any atom is -0.487 e. The highest BCUT2D eigenvalue weighted by Gasteiger charge is 2.19. The molecule has 1 unspecified atom stereocenters. The van der Waals surface area contributed by atoms with Gasteiger partial charge in [0.15, 0.2) is 0 Å². The van der Waals surface area contributed by atoms with Gasteiger partial charge in [-0.15, -0.1) is 0 Å². The number of pyridine rings is 1. The van der Waals surface area contributed by atoms with Crippen molar-refractivity contribution >= 4 is 5.91 Å². The third-order valence-corrected chi connectivity index (χ3v) is 5.19. The molecule has 0 radical (unpaired) electrons. The summed E-state index contributed by atoms with van der Waals surface area (Å²) in [6, 6.07) is 20.0. The number of hydrogen-bond acceptors (Lipinski definition) is 3. The van der Waals surface area contributed by atoms with Crippen molar-refractivity contribution in [2.45, 2.75) is 52.7 Å². The Kier molecular flexibility index (Phi) is 8.22. The van der Waals surface area contributed by atoms with Crippen molar-refractivity contribution in [2.24, 2.45) is 5.92 Å². The van der Waals surface area contributed by atoms with Gasteiger partial charge in [-0.25, -0.2) is 0 Å². The SMILES string of the molecule is CCCc1ccc(COc2cccnc2)cc1C(=O)NC(CC(C)C)c1ccccc1. The smallest absolute Gasteiger partial charge is 0.252 e. The summed E-state index contributed by atoms with van der Waals surface area (Å²) in [5.41, 5.74) is 3.91. The Hall–Kier alpha value is -3.14. The van der Waals surface area contributed by atoms with Crippen LogP contribution in [0.4, 0.5) is 0 Å². The van der Waals surface area contributed by atoms with Gasteiger partial charge in [0.1, 0.15) is 12.4 Å². The topological polar surface area (TPSA) is 51.2 Å².